The van der Waals surface area contributed by atoms with Crippen LogP contribution in [-0.2, 0) is 4.79 Å². The SMILES string of the molecule is O=C(O)CCCCCNc1ncccc1C(=O)O. The molecule has 98 valence electrons. The Kier molecular flexibility index (Phi) is 5.63. The van der Waals surface area contributed by atoms with Crippen LogP contribution in [0.3, 0.4) is 0 Å². The number of rotatable bonds is 8. The number of nitrogens with one attached hydrogen (secondary N) is 1. The molecule has 0 spiro atoms. The average Bonchev–Trinajstić information content (AvgIpc) is 2.33. The molecule has 0 fully saturated rings. The molecule has 0 atom stereocenters. The van der Waals surface area contributed by atoms with E-state index in [4.69, 9.17) is 10.2 Å². The monoisotopic (exact) mass is 252 g/mol. The van der Waals surface area contributed by atoms with E-state index in [2.05, 4.69) is 10.3 Å². The number of carbonyl (C=O) groups is 2. The Morgan fingerprint density at radius 2 is 2.00 bits per heavy atom. The van der Waals surface area contributed by atoms with Gasteiger partial charge >= 0.3 is 11.9 Å². The highest BCUT2D eigenvalue weighted by atomic mass is 16.4. The third kappa shape index (κ3) is 4.82. The molecule has 1 aromatic rings. The van der Waals surface area contributed by atoms with Gasteiger partial charge in [-0.3, -0.25) is 4.79 Å². The summed E-state index contributed by atoms with van der Waals surface area (Å²) in [4.78, 5) is 25.1. The molecule has 1 heterocycles. The van der Waals surface area contributed by atoms with Gasteiger partial charge in [-0.25, -0.2) is 9.78 Å². The van der Waals surface area contributed by atoms with Crippen LogP contribution in [-0.4, -0.2) is 33.7 Å². The van der Waals surface area contributed by atoms with Crippen molar-refractivity contribution in [3.63, 3.8) is 0 Å². The number of unbranched alkanes of at least 4 members (excludes halogenated alkanes) is 2. The summed E-state index contributed by atoms with van der Waals surface area (Å²) in [6, 6.07) is 3.06. The molecule has 0 aliphatic rings. The second-order valence-corrected chi connectivity index (χ2v) is 3.84. The molecule has 1 rings (SSSR count). The first-order valence-corrected chi connectivity index (χ1v) is 5.75. The zero-order chi connectivity index (χ0) is 13.4. The molecular weight excluding hydrogens is 236 g/mol. The summed E-state index contributed by atoms with van der Waals surface area (Å²) in [7, 11) is 0. The molecule has 6 heteroatoms. The Morgan fingerprint density at radius 1 is 1.22 bits per heavy atom. The molecule has 6 nitrogen and oxygen atoms in total. The Balaban J connectivity index is 2.31. The molecule has 3 N–H and O–H groups in total. The molecule has 0 radical (unpaired) electrons. The lowest BCUT2D eigenvalue weighted by atomic mass is 10.2. The molecule has 0 bridgehead atoms. The van der Waals surface area contributed by atoms with Crippen LogP contribution in [0.5, 0.6) is 0 Å². The van der Waals surface area contributed by atoms with E-state index in [1.807, 2.05) is 0 Å². The predicted octanol–water partition coefficient (Wildman–Crippen LogP) is 1.84. The standard InChI is InChI=1S/C12H16N2O4/c15-10(16)6-2-1-3-7-13-11-9(12(17)18)5-4-8-14-11/h4-5,8H,1-3,6-7H2,(H,13,14)(H,15,16)(H,17,18). The van der Waals surface area contributed by atoms with Gasteiger partial charge in [-0.2, -0.15) is 0 Å². The van der Waals surface area contributed by atoms with Crippen LogP contribution in [0.4, 0.5) is 5.82 Å². The molecular formula is C12H16N2O4. The van der Waals surface area contributed by atoms with Crippen molar-refractivity contribution in [2.75, 3.05) is 11.9 Å². The van der Waals surface area contributed by atoms with E-state index in [1.54, 1.807) is 6.07 Å². The molecule has 1 aromatic heterocycles. The number of nitrogens with zero attached hydrogens (tertiary/aromatic N) is 1. The van der Waals surface area contributed by atoms with Crippen molar-refractivity contribution in [3.05, 3.63) is 23.9 Å². The van der Waals surface area contributed by atoms with Gasteiger partial charge in [0.2, 0.25) is 0 Å². The van der Waals surface area contributed by atoms with Crippen molar-refractivity contribution in [3.8, 4) is 0 Å². The van der Waals surface area contributed by atoms with Gasteiger partial charge in [-0.1, -0.05) is 6.42 Å². The highest BCUT2D eigenvalue weighted by Gasteiger charge is 2.09. The van der Waals surface area contributed by atoms with E-state index in [0.29, 0.717) is 18.8 Å². The van der Waals surface area contributed by atoms with E-state index in [9.17, 15) is 9.59 Å². The van der Waals surface area contributed by atoms with Gasteiger partial charge in [0.1, 0.15) is 11.4 Å². The molecule has 0 unspecified atom stereocenters. The van der Waals surface area contributed by atoms with Gasteiger partial charge < -0.3 is 15.5 Å². The second kappa shape index (κ2) is 7.26. The lowest BCUT2D eigenvalue weighted by Gasteiger charge is -2.07. The second-order valence-electron chi connectivity index (χ2n) is 3.84. The first kappa shape index (κ1) is 14.0. The van der Waals surface area contributed by atoms with E-state index >= 15 is 0 Å². The number of aromatic nitrogens is 1. The van der Waals surface area contributed by atoms with Crippen LogP contribution in [0.2, 0.25) is 0 Å². The summed E-state index contributed by atoms with van der Waals surface area (Å²) in [6.45, 7) is 0.580. The van der Waals surface area contributed by atoms with Gasteiger partial charge in [-0.15, -0.1) is 0 Å². The number of hydrogen-bond donors (Lipinski definition) is 3. The van der Waals surface area contributed by atoms with Gasteiger partial charge in [0.05, 0.1) is 0 Å². The minimum Gasteiger partial charge on any atom is -0.481 e. The number of carboxylic acid groups (broad SMARTS) is 2. The molecule has 0 aromatic carbocycles. The third-order valence-electron chi connectivity index (χ3n) is 2.40. The fraction of sp³-hybridized carbons (Fsp3) is 0.417. The van der Waals surface area contributed by atoms with Crippen LogP contribution in [0, 0.1) is 0 Å². The van der Waals surface area contributed by atoms with E-state index < -0.39 is 11.9 Å². The van der Waals surface area contributed by atoms with Gasteiger partial charge in [-0.05, 0) is 25.0 Å². The smallest absolute Gasteiger partial charge is 0.339 e. The number of hydrogen-bond acceptors (Lipinski definition) is 4. The molecule has 0 saturated heterocycles. The highest BCUT2D eigenvalue weighted by Crippen LogP contribution is 2.11. The number of anilines is 1. The third-order valence-corrected chi connectivity index (χ3v) is 2.40. The summed E-state index contributed by atoms with van der Waals surface area (Å²) in [5.74, 6) is -1.46. The van der Waals surface area contributed by atoms with E-state index in [1.165, 1.54) is 12.3 Å². The van der Waals surface area contributed by atoms with Crippen molar-refractivity contribution < 1.29 is 19.8 Å². The maximum Gasteiger partial charge on any atom is 0.339 e. The maximum absolute atomic E-state index is 10.9. The van der Waals surface area contributed by atoms with Crippen LogP contribution in [0.25, 0.3) is 0 Å². The van der Waals surface area contributed by atoms with Gasteiger partial charge in [0, 0.05) is 19.2 Å². The first-order valence-electron chi connectivity index (χ1n) is 5.75. The van der Waals surface area contributed by atoms with Crippen molar-refractivity contribution in [2.24, 2.45) is 0 Å². The van der Waals surface area contributed by atoms with Gasteiger partial charge in [0.25, 0.3) is 0 Å². The van der Waals surface area contributed by atoms with Crippen molar-refractivity contribution in [2.45, 2.75) is 25.7 Å². The zero-order valence-electron chi connectivity index (χ0n) is 9.93. The fourth-order valence-electron chi connectivity index (χ4n) is 1.50. The van der Waals surface area contributed by atoms with Crippen molar-refractivity contribution >= 4 is 17.8 Å². The Bertz CT molecular complexity index is 420. The number of pyridine rings is 1. The normalized spacial score (nSPS) is 10.0. The Hall–Kier alpha value is -2.11. The summed E-state index contributed by atoms with van der Waals surface area (Å²) in [5.41, 5.74) is 0.142. The van der Waals surface area contributed by atoms with E-state index in [-0.39, 0.29) is 12.0 Å². The minimum atomic E-state index is -1.02. The predicted molar refractivity (Wildman–Crippen MR) is 65.8 cm³/mol. The lowest BCUT2D eigenvalue weighted by molar-refractivity contribution is -0.137. The molecule has 0 amide bonds. The van der Waals surface area contributed by atoms with Crippen LogP contribution in [0.1, 0.15) is 36.0 Å². The average molecular weight is 252 g/mol. The van der Waals surface area contributed by atoms with Gasteiger partial charge in [0.15, 0.2) is 0 Å². The number of aliphatic carboxylic acids is 1. The summed E-state index contributed by atoms with van der Waals surface area (Å²) in [6.07, 6.45) is 3.89. The highest BCUT2D eigenvalue weighted by molar-refractivity contribution is 5.92. The van der Waals surface area contributed by atoms with Crippen molar-refractivity contribution in [1.29, 1.82) is 0 Å². The number of carboxylic acids is 2. The van der Waals surface area contributed by atoms with Crippen molar-refractivity contribution in [1.82, 2.24) is 4.98 Å². The maximum atomic E-state index is 10.9. The quantitative estimate of drug-likeness (QED) is 0.610. The topological polar surface area (TPSA) is 99.5 Å². The summed E-state index contributed by atoms with van der Waals surface area (Å²) >= 11 is 0. The molecule has 0 aliphatic carbocycles. The minimum absolute atomic E-state index is 0.142. The van der Waals surface area contributed by atoms with E-state index in [0.717, 1.165) is 12.8 Å². The Labute approximate surface area is 105 Å². The molecule has 18 heavy (non-hydrogen) atoms. The van der Waals surface area contributed by atoms with Crippen LogP contribution in [0.15, 0.2) is 18.3 Å². The molecule has 0 aliphatic heterocycles. The van der Waals surface area contributed by atoms with Crippen LogP contribution >= 0.6 is 0 Å². The number of aromatic carboxylic acids is 1. The lowest BCUT2D eigenvalue weighted by Crippen LogP contribution is -2.09. The largest absolute Gasteiger partial charge is 0.481 e. The zero-order valence-corrected chi connectivity index (χ0v) is 9.93. The summed E-state index contributed by atoms with van der Waals surface area (Å²) in [5, 5.41) is 20.3. The fourth-order valence-corrected chi connectivity index (χ4v) is 1.50. The van der Waals surface area contributed by atoms with Crippen LogP contribution < -0.4 is 5.32 Å². The molecule has 0 saturated carbocycles. The first-order chi connectivity index (χ1) is 8.61. The summed E-state index contributed by atoms with van der Waals surface area (Å²) < 4.78 is 0. The Morgan fingerprint density at radius 3 is 2.67 bits per heavy atom.